The number of nitrogens with zero attached hydrogens (tertiary/aromatic N) is 2. The van der Waals surface area contributed by atoms with E-state index in [4.69, 9.17) is 4.74 Å². The second kappa shape index (κ2) is 8.51. The van der Waals surface area contributed by atoms with Crippen molar-refractivity contribution in [3.8, 4) is 5.75 Å². The number of nitrogens with one attached hydrogen (secondary N) is 2. The summed E-state index contributed by atoms with van der Waals surface area (Å²) in [5.74, 6) is -0.0988. The Morgan fingerprint density at radius 2 is 1.76 bits per heavy atom. The van der Waals surface area contributed by atoms with Crippen LogP contribution in [0, 0.1) is 0 Å². The van der Waals surface area contributed by atoms with Gasteiger partial charge in [0.1, 0.15) is 5.75 Å². The van der Waals surface area contributed by atoms with E-state index in [1.54, 1.807) is 43.2 Å². The average Bonchev–Trinajstić information content (AvgIpc) is 3.40. The van der Waals surface area contributed by atoms with Gasteiger partial charge in [-0.15, -0.1) is 0 Å². The fourth-order valence-electron chi connectivity index (χ4n) is 5.58. The van der Waals surface area contributed by atoms with Crippen LogP contribution in [-0.2, 0) is 23.3 Å². The maximum Gasteiger partial charge on any atom is 0.332 e. The average molecular weight is 495 g/mol. The first-order chi connectivity index (χ1) is 17.9. The van der Waals surface area contributed by atoms with E-state index in [1.165, 1.54) is 0 Å². The number of imide groups is 1. The van der Waals surface area contributed by atoms with Gasteiger partial charge in [0.25, 0.3) is 11.8 Å². The number of urea groups is 1. The molecule has 1 atom stereocenters. The monoisotopic (exact) mass is 494 g/mol. The summed E-state index contributed by atoms with van der Waals surface area (Å²) in [4.78, 5) is 47.2. The van der Waals surface area contributed by atoms with Gasteiger partial charge in [-0.2, -0.15) is 0 Å². The number of benzene rings is 3. The second-order valence-electron chi connectivity index (χ2n) is 9.43. The molecule has 0 bridgehead atoms. The van der Waals surface area contributed by atoms with Crippen molar-refractivity contribution in [2.45, 2.75) is 25.4 Å². The maximum atomic E-state index is 14.0. The largest absolute Gasteiger partial charge is 0.496 e. The van der Waals surface area contributed by atoms with Crippen molar-refractivity contribution in [2.24, 2.45) is 0 Å². The zero-order chi connectivity index (χ0) is 25.7. The quantitative estimate of drug-likeness (QED) is 0.404. The van der Waals surface area contributed by atoms with Crippen molar-refractivity contribution in [2.75, 3.05) is 18.6 Å². The molecular weight excluding hydrogens is 468 g/mol. The summed E-state index contributed by atoms with van der Waals surface area (Å²) in [6, 6.07) is 21.6. The summed E-state index contributed by atoms with van der Waals surface area (Å²) in [6.45, 7) is 2.43. The Hall–Kier alpha value is -4.59. The lowest BCUT2D eigenvalue weighted by molar-refractivity contribution is -0.125. The lowest BCUT2D eigenvalue weighted by Crippen LogP contribution is -2.49. The third kappa shape index (κ3) is 3.32. The van der Waals surface area contributed by atoms with Gasteiger partial charge in [-0.1, -0.05) is 48.5 Å². The Balaban J connectivity index is 1.35. The number of anilines is 1. The van der Waals surface area contributed by atoms with E-state index in [2.05, 4.69) is 10.3 Å². The van der Waals surface area contributed by atoms with Gasteiger partial charge in [0.2, 0.25) is 0 Å². The molecule has 4 aromatic rings. The van der Waals surface area contributed by atoms with Gasteiger partial charge in [-0.3, -0.25) is 9.59 Å². The SMILES string of the molecule is COc1ccccc1CNC(=O)c1ccccc1N1C(=O)N2CCc3c([nH]c4ccccc34)[C@@]2(C)C1=O. The Morgan fingerprint density at radius 1 is 1.03 bits per heavy atom. The van der Waals surface area contributed by atoms with Gasteiger partial charge in [0.05, 0.1) is 24.1 Å². The Bertz CT molecular complexity index is 1580. The van der Waals surface area contributed by atoms with Crippen molar-refractivity contribution < 1.29 is 19.1 Å². The van der Waals surface area contributed by atoms with Gasteiger partial charge < -0.3 is 19.9 Å². The molecule has 3 heterocycles. The van der Waals surface area contributed by atoms with E-state index < -0.39 is 11.6 Å². The van der Waals surface area contributed by atoms with Crippen LogP contribution in [0.3, 0.4) is 0 Å². The first kappa shape index (κ1) is 22.8. The number of H-pyrrole nitrogens is 1. The van der Waals surface area contributed by atoms with Crippen LogP contribution < -0.4 is 15.0 Å². The van der Waals surface area contributed by atoms with E-state index in [-0.39, 0.29) is 29.6 Å². The van der Waals surface area contributed by atoms with Gasteiger partial charge >= 0.3 is 6.03 Å². The Morgan fingerprint density at radius 3 is 2.59 bits per heavy atom. The number of methoxy groups -OCH3 is 1. The van der Waals surface area contributed by atoms with Crippen molar-refractivity contribution in [1.29, 1.82) is 0 Å². The van der Waals surface area contributed by atoms with Crippen LogP contribution in [0.15, 0.2) is 72.8 Å². The van der Waals surface area contributed by atoms with Crippen molar-refractivity contribution in [3.63, 3.8) is 0 Å². The molecule has 0 radical (unpaired) electrons. The normalized spacial score (nSPS) is 18.6. The molecule has 1 saturated heterocycles. The number of hydrogen-bond acceptors (Lipinski definition) is 4. The summed E-state index contributed by atoms with van der Waals surface area (Å²) in [5, 5.41) is 3.96. The fourth-order valence-corrected chi connectivity index (χ4v) is 5.58. The molecule has 37 heavy (non-hydrogen) atoms. The predicted octanol–water partition coefficient (Wildman–Crippen LogP) is 4.35. The number of rotatable bonds is 5. The summed E-state index contributed by atoms with van der Waals surface area (Å²) in [7, 11) is 1.58. The van der Waals surface area contributed by atoms with E-state index >= 15 is 0 Å². The van der Waals surface area contributed by atoms with Gasteiger partial charge in [0, 0.05) is 29.6 Å². The zero-order valence-electron chi connectivity index (χ0n) is 20.6. The molecule has 2 aliphatic rings. The van der Waals surface area contributed by atoms with E-state index in [0.29, 0.717) is 18.7 Å². The standard InChI is InChI=1S/C29H26N4O4/c1-29-25-20(19-10-4-6-12-22(19)31-25)15-16-32(29)28(36)33(27(29)35)23-13-7-5-11-21(23)26(34)30-17-18-9-3-8-14-24(18)37-2/h3-14,31H,15-17H2,1-2H3,(H,30,34)/t29-/m0/s1. The van der Waals surface area contributed by atoms with Gasteiger partial charge in [0.15, 0.2) is 5.54 Å². The van der Waals surface area contributed by atoms with Crippen molar-refractivity contribution in [3.05, 3.63) is 95.2 Å². The first-order valence-corrected chi connectivity index (χ1v) is 12.2. The van der Waals surface area contributed by atoms with Crippen LogP contribution in [-0.4, -0.2) is 41.4 Å². The number of para-hydroxylation sites is 3. The molecule has 0 spiro atoms. The van der Waals surface area contributed by atoms with Crippen LogP contribution in [0.2, 0.25) is 0 Å². The molecule has 0 aliphatic carbocycles. The van der Waals surface area contributed by atoms with Crippen molar-refractivity contribution >= 4 is 34.4 Å². The third-order valence-electron chi connectivity index (χ3n) is 7.49. The molecule has 0 saturated carbocycles. The number of aromatic amines is 1. The molecule has 1 fully saturated rings. The highest BCUT2D eigenvalue weighted by Crippen LogP contribution is 2.45. The number of aromatic nitrogens is 1. The molecule has 6 rings (SSSR count). The molecule has 8 nitrogen and oxygen atoms in total. The Kier molecular flexibility index (Phi) is 5.26. The van der Waals surface area contributed by atoms with Gasteiger partial charge in [-0.25, -0.2) is 9.69 Å². The molecule has 8 heteroatoms. The van der Waals surface area contributed by atoms with Crippen LogP contribution in [0.1, 0.15) is 34.1 Å². The van der Waals surface area contributed by atoms with Crippen molar-refractivity contribution in [1.82, 2.24) is 15.2 Å². The highest BCUT2D eigenvalue weighted by Gasteiger charge is 2.59. The van der Waals surface area contributed by atoms with Crippen LogP contribution in [0.25, 0.3) is 10.9 Å². The predicted molar refractivity (Wildman–Crippen MR) is 140 cm³/mol. The molecular formula is C29H26N4O4. The minimum absolute atomic E-state index is 0.237. The molecule has 186 valence electrons. The minimum Gasteiger partial charge on any atom is -0.496 e. The molecule has 4 amide bonds. The topological polar surface area (TPSA) is 94.7 Å². The third-order valence-corrected chi connectivity index (χ3v) is 7.49. The van der Waals surface area contributed by atoms with Crippen LogP contribution >= 0.6 is 0 Å². The van der Waals surface area contributed by atoms with E-state index in [1.807, 2.05) is 48.5 Å². The number of carbonyl (C=O) groups is 3. The lowest BCUT2D eigenvalue weighted by Gasteiger charge is -2.35. The highest BCUT2D eigenvalue weighted by molar-refractivity contribution is 6.25. The summed E-state index contributed by atoms with van der Waals surface area (Å²) < 4.78 is 5.37. The molecule has 3 aromatic carbocycles. The lowest BCUT2D eigenvalue weighted by atomic mass is 9.87. The molecule has 2 aliphatic heterocycles. The highest BCUT2D eigenvalue weighted by atomic mass is 16.5. The zero-order valence-corrected chi connectivity index (χ0v) is 20.6. The van der Waals surface area contributed by atoms with E-state index in [0.717, 1.165) is 32.6 Å². The number of fused-ring (bicyclic) bond motifs is 5. The van der Waals surface area contributed by atoms with E-state index in [9.17, 15) is 14.4 Å². The van der Waals surface area contributed by atoms with Crippen LogP contribution in [0.4, 0.5) is 10.5 Å². The summed E-state index contributed by atoms with van der Waals surface area (Å²) in [5.41, 5.74) is 2.87. The Labute approximate surface area is 213 Å². The second-order valence-corrected chi connectivity index (χ2v) is 9.43. The number of amides is 4. The van der Waals surface area contributed by atoms with Gasteiger partial charge in [-0.05, 0) is 43.2 Å². The fraction of sp³-hybridized carbons (Fsp3) is 0.207. The first-order valence-electron chi connectivity index (χ1n) is 12.2. The smallest absolute Gasteiger partial charge is 0.332 e. The van der Waals surface area contributed by atoms with Crippen LogP contribution in [0.5, 0.6) is 5.75 Å². The summed E-state index contributed by atoms with van der Waals surface area (Å²) in [6.07, 6.45) is 0.642. The molecule has 2 N–H and O–H groups in total. The number of ether oxygens (including phenoxy) is 1. The summed E-state index contributed by atoms with van der Waals surface area (Å²) >= 11 is 0. The number of hydrogen-bond donors (Lipinski definition) is 2. The maximum absolute atomic E-state index is 14.0. The molecule has 1 aromatic heterocycles. The molecule has 0 unspecified atom stereocenters. The number of carbonyl (C=O) groups excluding carboxylic acids is 3. The minimum atomic E-state index is -1.19.